The second-order valence-corrected chi connectivity index (χ2v) is 13.4. The van der Waals surface area contributed by atoms with Gasteiger partial charge in [0.05, 0.1) is 11.9 Å². The molecule has 0 saturated carbocycles. The van der Waals surface area contributed by atoms with E-state index in [1.807, 2.05) is 45.0 Å². The zero-order chi connectivity index (χ0) is 20.2. The van der Waals surface area contributed by atoms with E-state index in [9.17, 15) is 4.79 Å². The van der Waals surface area contributed by atoms with Gasteiger partial charge in [-0.25, -0.2) is 9.78 Å². The fourth-order valence-corrected chi connectivity index (χ4v) is 2.75. The third kappa shape index (κ3) is 6.95. The Labute approximate surface area is 163 Å². The lowest BCUT2D eigenvalue weighted by molar-refractivity contribution is 0.0963. The van der Waals surface area contributed by atoms with E-state index >= 15 is 0 Å². The van der Waals surface area contributed by atoms with Crippen molar-refractivity contribution in [2.45, 2.75) is 59.0 Å². The highest BCUT2D eigenvalue weighted by Gasteiger charge is 2.19. The minimum absolute atomic E-state index is 0.342. The maximum absolute atomic E-state index is 11.9. The highest BCUT2D eigenvalue weighted by molar-refractivity contribution is 6.83. The van der Waals surface area contributed by atoms with Gasteiger partial charge in [0.25, 0.3) is 0 Å². The molecule has 27 heavy (non-hydrogen) atoms. The van der Waals surface area contributed by atoms with E-state index in [0.29, 0.717) is 5.82 Å². The number of H-pyrrole nitrogens is 1. The van der Waals surface area contributed by atoms with Crippen LogP contribution in [-0.2, 0) is 4.74 Å². The monoisotopic (exact) mass is 383 g/mol. The molecule has 1 heterocycles. The van der Waals surface area contributed by atoms with Gasteiger partial charge in [-0.1, -0.05) is 37.7 Å². The Bertz CT molecular complexity index is 847. The average Bonchev–Trinajstić information content (AvgIpc) is 3.01. The van der Waals surface area contributed by atoms with Gasteiger partial charge in [-0.3, -0.25) is 0 Å². The number of ether oxygens (including phenoxy) is 1. The van der Waals surface area contributed by atoms with Crippen LogP contribution in [-0.4, -0.2) is 29.7 Å². The largest absolute Gasteiger partial charge is 0.438 e. The van der Waals surface area contributed by atoms with Crippen molar-refractivity contribution < 1.29 is 9.53 Å². The first-order chi connectivity index (χ1) is 12.4. The van der Waals surface area contributed by atoms with Crippen LogP contribution < -0.4 is 5.32 Å². The highest BCUT2D eigenvalue weighted by atomic mass is 28.3. The Kier molecular flexibility index (Phi) is 6.17. The number of nitrogens with one attached hydrogen (secondary N) is 2. The minimum Gasteiger partial charge on any atom is -0.438 e. The second kappa shape index (κ2) is 8.01. The van der Waals surface area contributed by atoms with E-state index in [4.69, 9.17) is 4.74 Å². The van der Waals surface area contributed by atoms with E-state index < -0.39 is 20.3 Å². The molecule has 0 bridgehead atoms. The van der Waals surface area contributed by atoms with Crippen LogP contribution in [0.15, 0.2) is 30.5 Å². The number of hydrogen-bond acceptors (Lipinski definition) is 3. The summed E-state index contributed by atoms with van der Waals surface area (Å²) in [5, 5.41) is 2.77. The highest BCUT2D eigenvalue weighted by Crippen LogP contribution is 2.21. The summed E-state index contributed by atoms with van der Waals surface area (Å²) in [5.41, 5.74) is 5.92. The third-order valence-electron chi connectivity index (χ3n) is 3.52. The summed E-state index contributed by atoms with van der Waals surface area (Å²) in [7, 11) is -1.38. The number of carbonyl (C=O) groups excluding carboxylic acids is 1. The number of amides is 1. The molecule has 1 amide bonds. The molecule has 2 rings (SSSR count). The van der Waals surface area contributed by atoms with E-state index in [1.165, 1.54) is 0 Å². The van der Waals surface area contributed by atoms with Crippen LogP contribution in [0, 0.1) is 11.5 Å². The Morgan fingerprint density at radius 1 is 1.22 bits per heavy atom. The first-order valence-corrected chi connectivity index (χ1v) is 12.6. The Hall–Kier alpha value is -2.52. The number of aromatic amines is 1. The van der Waals surface area contributed by atoms with Crippen LogP contribution >= 0.6 is 0 Å². The Morgan fingerprint density at radius 2 is 1.85 bits per heavy atom. The molecular weight excluding hydrogens is 354 g/mol. The number of alkyl carbamates (subject to hydrolysis) is 1. The molecule has 6 heteroatoms. The van der Waals surface area contributed by atoms with Crippen molar-refractivity contribution in [1.82, 2.24) is 15.3 Å². The molecule has 1 aromatic heterocycles. The first kappa shape index (κ1) is 20.8. The third-order valence-corrected chi connectivity index (χ3v) is 4.39. The van der Waals surface area contributed by atoms with Crippen LogP contribution in [0.3, 0.4) is 0 Å². The molecule has 1 unspecified atom stereocenters. The van der Waals surface area contributed by atoms with E-state index in [2.05, 4.69) is 46.4 Å². The predicted molar refractivity (Wildman–Crippen MR) is 112 cm³/mol. The van der Waals surface area contributed by atoms with Crippen molar-refractivity contribution in [1.29, 1.82) is 0 Å². The number of benzene rings is 1. The minimum atomic E-state index is -1.38. The Morgan fingerprint density at radius 3 is 2.41 bits per heavy atom. The van der Waals surface area contributed by atoms with Crippen molar-refractivity contribution in [3.63, 3.8) is 0 Å². The van der Waals surface area contributed by atoms with Gasteiger partial charge in [0.15, 0.2) is 6.10 Å². The molecule has 144 valence electrons. The topological polar surface area (TPSA) is 67.0 Å². The van der Waals surface area contributed by atoms with Crippen molar-refractivity contribution in [2.75, 3.05) is 0 Å². The number of nitrogens with zero attached hydrogens (tertiary/aromatic N) is 1. The Balaban J connectivity index is 2.06. The summed E-state index contributed by atoms with van der Waals surface area (Å²) in [6.07, 6.45) is 0.820. The maximum Gasteiger partial charge on any atom is 0.408 e. The molecule has 2 aromatic rings. The number of hydrogen-bond donors (Lipinski definition) is 2. The van der Waals surface area contributed by atoms with Gasteiger partial charge in [0.1, 0.15) is 13.9 Å². The van der Waals surface area contributed by atoms with Gasteiger partial charge in [0.2, 0.25) is 0 Å². The summed E-state index contributed by atoms with van der Waals surface area (Å²) >= 11 is 0. The van der Waals surface area contributed by atoms with Gasteiger partial charge in [-0.2, -0.15) is 0 Å². The summed E-state index contributed by atoms with van der Waals surface area (Å²) in [6.45, 7) is 14.2. The molecule has 0 radical (unpaired) electrons. The summed E-state index contributed by atoms with van der Waals surface area (Å²) in [6, 6.07) is 8.06. The molecule has 2 N–H and O–H groups in total. The fraction of sp³-hybridized carbons (Fsp3) is 0.429. The number of imidazole rings is 1. The normalized spacial score (nSPS) is 12.7. The van der Waals surface area contributed by atoms with Crippen LogP contribution in [0.1, 0.15) is 45.2 Å². The lowest BCUT2D eigenvalue weighted by Gasteiger charge is -2.21. The van der Waals surface area contributed by atoms with E-state index in [-0.39, 0.29) is 5.54 Å². The van der Waals surface area contributed by atoms with Gasteiger partial charge in [0, 0.05) is 11.1 Å². The average molecular weight is 384 g/mol. The quantitative estimate of drug-likeness (QED) is 0.586. The zero-order valence-corrected chi connectivity index (χ0v) is 18.2. The molecule has 0 aliphatic rings. The smallest absolute Gasteiger partial charge is 0.408 e. The maximum atomic E-state index is 11.9. The van der Waals surface area contributed by atoms with Crippen LogP contribution in [0.2, 0.25) is 19.6 Å². The van der Waals surface area contributed by atoms with Gasteiger partial charge >= 0.3 is 6.09 Å². The van der Waals surface area contributed by atoms with E-state index in [1.54, 1.807) is 13.1 Å². The summed E-state index contributed by atoms with van der Waals surface area (Å²) in [5.74, 6) is 3.86. The molecule has 0 fully saturated rings. The first-order valence-electron chi connectivity index (χ1n) is 9.10. The summed E-state index contributed by atoms with van der Waals surface area (Å²) < 4.78 is 5.39. The molecule has 0 aliphatic carbocycles. The van der Waals surface area contributed by atoms with Crippen molar-refractivity contribution in [3.05, 3.63) is 41.9 Å². The molecule has 1 aromatic carbocycles. The van der Waals surface area contributed by atoms with E-state index in [0.717, 1.165) is 16.8 Å². The van der Waals surface area contributed by atoms with Crippen LogP contribution in [0.25, 0.3) is 11.3 Å². The molecule has 1 atom stereocenters. The number of carbonyl (C=O) groups is 1. The SMILES string of the molecule is CC(OC(=O)NC(C)(C)C)c1ncc(-c2ccc(C#C[Si](C)(C)C)cc2)[nH]1. The molecule has 0 saturated heterocycles. The molecular formula is C21H29N3O2Si. The van der Waals surface area contributed by atoms with Crippen molar-refractivity contribution in [3.8, 4) is 22.7 Å². The lowest BCUT2D eigenvalue weighted by atomic mass is 10.1. The van der Waals surface area contributed by atoms with Crippen LogP contribution in [0.5, 0.6) is 0 Å². The molecule has 5 nitrogen and oxygen atoms in total. The standard InChI is InChI=1S/C21H29N3O2Si/c1-15(26-20(25)24-21(2,3)4)19-22-14-18(23-19)17-10-8-16(9-11-17)12-13-27(5,6)7/h8-11,14-15H,1-7H3,(H,22,23)(H,24,25). The number of aromatic nitrogens is 2. The summed E-state index contributed by atoms with van der Waals surface area (Å²) in [4.78, 5) is 19.5. The molecule has 0 spiro atoms. The van der Waals surface area contributed by atoms with Gasteiger partial charge < -0.3 is 15.0 Å². The lowest BCUT2D eigenvalue weighted by Crippen LogP contribution is -2.41. The van der Waals surface area contributed by atoms with Gasteiger partial charge in [-0.15, -0.1) is 5.54 Å². The molecule has 0 aliphatic heterocycles. The van der Waals surface area contributed by atoms with Gasteiger partial charge in [-0.05, 0) is 45.4 Å². The zero-order valence-electron chi connectivity index (χ0n) is 17.2. The predicted octanol–water partition coefficient (Wildman–Crippen LogP) is 4.89. The number of rotatable bonds is 3. The van der Waals surface area contributed by atoms with Crippen LogP contribution in [0.4, 0.5) is 4.79 Å². The fourth-order valence-electron chi connectivity index (χ4n) is 2.23. The van der Waals surface area contributed by atoms with Crippen molar-refractivity contribution in [2.24, 2.45) is 0 Å². The second-order valence-electron chi connectivity index (χ2n) is 8.68. The van der Waals surface area contributed by atoms with Crippen molar-refractivity contribution >= 4 is 14.2 Å².